The summed E-state index contributed by atoms with van der Waals surface area (Å²) in [7, 11) is 1.36. The third-order valence-corrected chi connectivity index (χ3v) is 4.70. The Balaban J connectivity index is 1.77. The van der Waals surface area contributed by atoms with Gasteiger partial charge in [-0.1, -0.05) is 12.1 Å². The molecule has 0 bridgehead atoms. The molecule has 1 atom stereocenters. The lowest BCUT2D eigenvalue weighted by atomic mass is 10.0. The Bertz CT molecular complexity index is 734. The number of anilines is 1. The maximum Gasteiger partial charge on any atom is 0.327 e. The number of carbonyl (C=O) groups is 1. The van der Waals surface area contributed by atoms with Gasteiger partial charge in [0.05, 0.1) is 7.11 Å². The lowest BCUT2D eigenvalue weighted by molar-refractivity contribution is -0.147. The molecule has 0 amide bonds. The van der Waals surface area contributed by atoms with Gasteiger partial charge in [-0.15, -0.1) is 0 Å². The number of ether oxygens (including phenoxy) is 1. The minimum atomic E-state index is -0.561. The fourth-order valence-corrected chi connectivity index (χ4v) is 3.36. The molecule has 0 aromatic heterocycles. The van der Waals surface area contributed by atoms with E-state index in [1.807, 2.05) is 0 Å². The van der Waals surface area contributed by atoms with E-state index >= 15 is 0 Å². The first-order valence-corrected chi connectivity index (χ1v) is 8.66. The lowest BCUT2D eigenvalue weighted by Gasteiger charge is -2.29. The predicted octanol–water partition coefficient (Wildman–Crippen LogP) is 3.39. The molecule has 1 fully saturated rings. The van der Waals surface area contributed by atoms with Gasteiger partial charge in [0.15, 0.2) is 0 Å². The average Bonchev–Trinajstić information content (AvgIpc) is 2.90. The number of methoxy groups -OCH3 is 1. The van der Waals surface area contributed by atoms with Crippen LogP contribution in [-0.2, 0) is 9.53 Å². The molecular weight excluding hydrogens is 338 g/mol. The summed E-state index contributed by atoms with van der Waals surface area (Å²) in [6, 6.07) is 11.8. The molecule has 1 aliphatic rings. The highest BCUT2D eigenvalue weighted by Crippen LogP contribution is 2.25. The van der Waals surface area contributed by atoms with Gasteiger partial charge in [0, 0.05) is 31.9 Å². The van der Waals surface area contributed by atoms with Crippen LogP contribution in [0.5, 0.6) is 0 Å². The smallest absolute Gasteiger partial charge is 0.327 e. The van der Waals surface area contributed by atoms with Gasteiger partial charge in [0.25, 0.3) is 0 Å². The second kappa shape index (κ2) is 8.27. The zero-order valence-electron chi connectivity index (χ0n) is 14.7. The molecule has 138 valence electrons. The quantitative estimate of drug-likeness (QED) is 0.783. The van der Waals surface area contributed by atoms with Crippen LogP contribution in [-0.4, -0.2) is 44.2 Å². The first kappa shape index (κ1) is 18.3. The summed E-state index contributed by atoms with van der Waals surface area (Å²) >= 11 is 0. The summed E-state index contributed by atoms with van der Waals surface area (Å²) in [5.74, 6) is -0.949. The Labute approximate surface area is 152 Å². The van der Waals surface area contributed by atoms with Crippen molar-refractivity contribution in [2.24, 2.45) is 0 Å². The predicted molar refractivity (Wildman–Crippen MR) is 96.0 cm³/mol. The molecule has 0 spiro atoms. The summed E-state index contributed by atoms with van der Waals surface area (Å²) in [6.07, 6.45) is 0.853. The molecule has 2 aromatic carbocycles. The molecule has 2 aromatic rings. The first-order chi connectivity index (χ1) is 12.6. The van der Waals surface area contributed by atoms with Crippen molar-refractivity contribution >= 4 is 11.7 Å². The molecule has 26 heavy (non-hydrogen) atoms. The second-order valence-electron chi connectivity index (χ2n) is 6.33. The topological polar surface area (TPSA) is 32.8 Å². The standard InChI is InChI=1S/C20H22F2N2O2/c1-26-20(25)19(15-3-5-16(21)6-4-15)24-12-2-11-23(13-14-24)18-9-7-17(22)8-10-18/h3-10,19H,2,11-14H2,1H3. The number of rotatable bonds is 4. The van der Waals surface area contributed by atoms with E-state index in [0.717, 1.165) is 25.2 Å². The molecule has 3 rings (SSSR count). The third-order valence-electron chi connectivity index (χ3n) is 4.70. The van der Waals surface area contributed by atoms with Crippen LogP contribution in [0.3, 0.4) is 0 Å². The van der Waals surface area contributed by atoms with E-state index in [1.54, 1.807) is 24.3 Å². The first-order valence-electron chi connectivity index (χ1n) is 8.66. The van der Waals surface area contributed by atoms with Crippen molar-refractivity contribution in [3.05, 3.63) is 65.7 Å². The number of esters is 1. The second-order valence-corrected chi connectivity index (χ2v) is 6.33. The fraction of sp³-hybridized carbons (Fsp3) is 0.350. The van der Waals surface area contributed by atoms with Gasteiger partial charge < -0.3 is 9.64 Å². The molecule has 0 N–H and O–H groups in total. The zero-order valence-corrected chi connectivity index (χ0v) is 14.7. The van der Waals surface area contributed by atoms with E-state index in [-0.39, 0.29) is 17.6 Å². The summed E-state index contributed by atoms with van der Waals surface area (Å²) < 4.78 is 31.4. The molecular formula is C20H22F2N2O2. The van der Waals surface area contributed by atoms with Gasteiger partial charge in [-0.3, -0.25) is 4.90 Å². The van der Waals surface area contributed by atoms with E-state index in [0.29, 0.717) is 18.7 Å². The largest absolute Gasteiger partial charge is 0.468 e. The number of nitrogens with zero attached hydrogens (tertiary/aromatic N) is 2. The van der Waals surface area contributed by atoms with Crippen LogP contribution in [0.25, 0.3) is 0 Å². The molecule has 0 radical (unpaired) electrons. The van der Waals surface area contributed by atoms with E-state index in [9.17, 15) is 13.6 Å². The van der Waals surface area contributed by atoms with Gasteiger partial charge in [0.2, 0.25) is 0 Å². The van der Waals surface area contributed by atoms with Gasteiger partial charge in [0.1, 0.15) is 17.7 Å². The monoisotopic (exact) mass is 360 g/mol. The third kappa shape index (κ3) is 4.19. The number of benzene rings is 2. The van der Waals surface area contributed by atoms with Gasteiger partial charge in [-0.05, 0) is 48.4 Å². The average molecular weight is 360 g/mol. The van der Waals surface area contributed by atoms with Gasteiger partial charge in [-0.2, -0.15) is 0 Å². The summed E-state index contributed by atoms with van der Waals surface area (Å²) in [5.41, 5.74) is 1.68. The molecule has 4 nitrogen and oxygen atoms in total. The maximum absolute atomic E-state index is 13.2. The number of halogens is 2. The van der Waals surface area contributed by atoms with E-state index in [4.69, 9.17) is 4.74 Å². The van der Waals surface area contributed by atoms with Gasteiger partial charge >= 0.3 is 5.97 Å². The minimum Gasteiger partial charge on any atom is -0.468 e. The Kier molecular flexibility index (Phi) is 5.83. The highest BCUT2D eigenvalue weighted by atomic mass is 19.1. The van der Waals surface area contributed by atoms with Crippen LogP contribution in [0.15, 0.2) is 48.5 Å². The SMILES string of the molecule is COC(=O)C(c1ccc(F)cc1)N1CCCN(c2ccc(F)cc2)CC1. The number of carbonyl (C=O) groups excluding carboxylic acids is 1. The molecule has 1 saturated heterocycles. The maximum atomic E-state index is 13.2. The molecule has 0 saturated carbocycles. The van der Waals surface area contributed by atoms with Crippen molar-refractivity contribution in [2.45, 2.75) is 12.5 Å². The Hall–Kier alpha value is -2.47. The van der Waals surface area contributed by atoms with E-state index in [2.05, 4.69) is 9.80 Å². The molecule has 6 heteroatoms. The highest BCUT2D eigenvalue weighted by molar-refractivity contribution is 5.77. The molecule has 1 aliphatic heterocycles. The Morgan fingerprint density at radius 3 is 2.15 bits per heavy atom. The summed E-state index contributed by atoms with van der Waals surface area (Å²) in [6.45, 7) is 2.89. The molecule has 1 unspecified atom stereocenters. The number of hydrogen-bond acceptors (Lipinski definition) is 4. The van der Waals surface area contributed by atoms with Crippen LogP contribution in [0, 0.1) is 11.6 Å². The van der Waals surface area contributed by atoms with Crippen molar-refractivity contribution in [2.75, 3.05) is 38.2 Å². The van der Waals surface area contributed by atoms with Crippen molar-refractivity contribution in [1.82, 2.24) is 4.90 Å². The lowest BCUT2D eigenvalue weighted by Crippen LogP contribution is -2.38. The molecule has 0 aliphatic carbocycles. The van der Waals surface area contributed by atoms with Crippen molar-refractivity contribution < 1.29 is 18.3 Å². The van der Waals surface area contributed by atoms with E-state index < -0.39 is 6.04 Å². The number of hydrogen-bond donors (Lipinski definition) is 0. The Morgan fingerprint density at radius 2 is 1.54 bits per heavy atom. The summed E-state index contributed by atoms with van der Waals surface area (Å²) in [5, 5.41) is 0. The van der Waals surface area contributed by atoms with Crippen LogP contribution < -0.4 is 4.90 Å². The normalized spacial score (nSPS) is 16.8. The van der Waals surface area contributed by atoms with Crippen molar-refractivity contribution in [3.8, 4) is 0 Å². The van der Waals surface area contributed by atoms with Crippen LogP contribution in [0.2, 0.25) is 0 Å². The van der Waals surface area contributed by atoms with Crippen molar-refractivity contribution in [1.29, 1.82) is 0 Å². The van der Waals surface area contributed by atoms with Crippen LogP contribution in [0.4, 0.5) is 14.5 Å². The highest BCUT2D eigenvalue weighted by Gasteiger charge is 2.30. The van der Waals surface area contributed by atoms with Crippen LogP contribution >= 0.6 is 0 Å². The van der Waals surface area contributed by atoms with E-state index in [1.165, 1.54) is 31.4 Å². The minimum absolute atomic E-state index is 0.257. The van der Waals surface area contributed by atoms with Gasteiger partial charge in [-0.25, -0.2) is 13.6 Å². The summed E-state index contributed by atoms with van der Waals surface area (Å²) in [4.78, 5) is 16.6. The van der Waals surface area contributed by atoms with Crippen LogP contribution in [0.1, 0.15) is 18.0 Å². The fourth-order valence-electron chi connectivity index (χ4n) is 3.36. The molecule has 1 heterocycles. The van der Waals surface area contributed by atoms with Crippen molar-refractivity contribution in [3.63, 3.8) is 0 Å². The zero-order chi connectivity index (χ0) is 18.5. The Morgan fingerprint density at radius 1 is 0.923 bits per heavy atom.